The van der Waals surface area contributed by atoms with E-state index in [9.17, 15) is 4.79 Å². The van der Waals surface area contributed by atoms with E-state index in [4.69, 9.17) is 4.74 Å². The third kappa shape index (κ3) is 5.47. The molecule has 1 saturated carbocycles. The Morgan fingerprint density at radius 2 is 2.04 bits per heavy atom. The van der Waals surface area contributed by atoms with Crippen LogP contribution in [0.2, 0.25) is 0 Å². The van der Waals surface area contributed by atoms with Crippen LogP contribution in [0.4, 0.5) is 5.69 Å². The van der Waals surface area contributed by atoms with Gasteiger partial charge in [-0.05, 0) is 62.1 Å². The number of nitrogens with zero attached hydrogens (tertiary/aromatic N) is 2. The minimum Gasteiger partial charge on any atom is -0.424 e. The molecule has 0 atom stereocenters. The summed E-state index contributed by atoms with van der Waals surface area (Å²) in [6, 6.07) is 7.49. The van der Waals surface area contributed by atoms with Crippen LogP contribution in [0.3, 0.4) is 0 Å². The Balaban J connectivity index is 0.00000208. The lowest BCUT2D eigenvalue weighted by molar-refractivity contribution is -0.115. The van der Waals surface area contributed by atoms with Crippen molar-refractivity contribution in [1.82, 2.24) is 15.3 Å². The van der Waals surface area contributed by atoms with Gasteiger partial charge in [0, 0.05) is 18.1 Å². The van der Waals surface area contributed by atoms with Crippen LogP contribution in [0.5, 0.6) is 11.8 Å². The molecule has 1 heterocycles. The highest BCUT2D eigenvalue weighted by Crippen LogP contribution is 2.27. The van der Waals surface area contributed by atoms with Crippen molar-refractivity contribution in [3.63, 3.8) is 0 Å². The fourth-order valence-corrected chi connectivity index (χ4v) is 2.19. The number of amides is 1. The highest BCUT2D eigenvalue weighted by molar-refractivity contribution is 5.93. The smallest absolute Gasteiger partial charge is 0.321 e. The van der Waals surface area contributed by atoms with Gasteiger partial charge in [-0.25, -0.2) is 9.97 Å². The molecule has 0 radical (unpaired) electrons. The van der Waals surface area contributed by atoms with Gasteiger partial charge in [-0.2, -0.15) is 0 Å². The topological polar surface area (TPSA) is 76.1 Å². The number of benzene rings is 1. The minimum atomic E-state index is -0.0335. The van der Waals surface area contributed by atoms with Gasteiger partial charge in [0.15, 0.2) is 0 Å². The maximum atomic E-state index is 11.9. The zero-order valence-electron chi connectivity index (χ0n) is 13.5. The molecule has 24 heavy (non-hydrogen) atoms. The first-order valence-electron chi connectivity index (χ1n) is 7.77. The maximum Gasteiger partial charge on any atom is 0.321 e. The van der Waals surface area contributed by atoms with Crippen molar-refractivity contribution in [3.05, 3.63) is 42.2 Å². The van der Waals surface area contributed by atoms with Crippen molar-refractivity contribution >= 4 is 24.0 Å². The number of hydrogen-bond donors (Lipinski definition) is 2. The summed E-state index contributed by atoms with van der Waals surface area (Å²) < 4.78 is 5.57. The Morgan fingerprint density at radius 1 is 1.29 bits per heavy atom. The second kappa shape index (κ2) is 8.61. The van der Waals surface area contributed by atoms with Crippen molar-refractivity contribution in [2.45, 2.75) is 19.8 Å². The van der Waals surface area contributed by atoms with E-state index < -0.39 is 0 Å². The zero-order valence-corrected chi connectivity index (χ0v) is 14.3. The predicted octanol–water partition coefficient (Wildman–Crippen LogP) is 2.94. The number of aromatic nitrogens is 2. The first-order chi connectivity index (χ1) is 11.2. The summed E-state index contributed by atoms with van der Waals surface area (Å²) in [5.74, 6) is 1.37. The van der Waals surface area contributed by atoms with Crippen molar-refractivity contribution in [1.29, 1.82) is 0 Å². The highest BCUT2D eigenvalue weighted by atomic mass is 35.5. The van der Waals surface area contributed by atoms with Crippen molar-refractivity contribution in [3.8, 4) is 11.8 Å². The molecule has 1 aliphatic rings. The van der Waals surface area contributed by atoms with Crippen molar-refractivity contribution < 1.29 is 9.53 Å². The van der Waals surface area contributed by atoms with Gasteiger partial charge in [-0.3, -0.25) is 4.79 Å². The number of halogens is 1. The Labute approximate surface area is 147 Å². The summed E-state index contributed by atoms with van der Waals surface area (Å²) in [6.07, 6.45) is 5.80. The van der Waals surface area contributed by atoms with Gasteiger partial charge in [0.2, 0.25) is 5.91 Å². The lowest BCUT2D eigenvalue weighted by atomic mass is 10.2. The standard InChI is InChI=1S/C17H20N4O2.ClH/c1-12-9-14(23-17-19-7-2-8-20-17)5-6-15(12)21-16(22)11-18-10-13-3-4-13;/h2,5-9,13,18H,3-4,10-11H2,1H3,(H,21,22);1H. The number of nitrogens with one attached hydrogen (secondary N) is 2. The average Bonchev–Trinajstić information content (AvgIpc) is 3.35. The van der Waals surface area contributed by atoms with Gasteiger partial charge < -0.3 is 15.4 Å². The van der Waals surface area contributed by atoms with Gasteiger partial charge in [0.05, 0.1) is 6.54 Å². The van der Waals surface area contributed by atoms with Crippen molar-refractivity contribution in [2.75, 3.05) is 18.4 Å². The first kappa shape index (κ1) is 18.2. The molecule has 2 N–H and O–H groups in total. The van der Waals surface area contributed by atoms with Crippen molar-refractivity contribution in [2.24, 2.45) is 5.92 Å². The Bertz CT molecular complexity index is 678. The number of carbonyl (C=O) groups is 1. The van der Waals surface area contributed by atoms with Gasteiger partial charge in [0.1, 0.15) is 5.75 Å². The van der Waals surface area contributed by atoms with E-state index in [1.807, 2.05) is 19.1 Å². The third-order valence-electron chi connectivity index (χ3n) is 3.64. The molecule has 0 aliphatic heterocycles. The maximum absolute atomic E-state index is 11.9. The summed E-state index contributed by atoms with van der Waals surface area (Å²) in [5, 5.41) is 6.08. The van der Waals surface area contributed by atoms with Gasteiger partial charge in [-0.1, -0.05) is 0 Å². The quantitative estimate of drug-likeness (QED) is 0.804. The minimum absolute atomic E-state index is 0. The van der Waals surface area contributed by atoms with Crippen LogP contribution in [-0.4, -0.2) is 29.0 Å². The van der Waals surface area contributed by atoms with E-state index in [0.717, 1.165) is 23.7 Å². The molecule has 0 bridgehead atoms. The Morgan fingerprint density at radius 3 is 2.71 bits per heavy atom. The molecular weight excluding hydrogens is 328 g/mol. The lowest BCUT2D eigenvalue weighted by Gasteiger charge is -2.11. The Hall–Kier alpha value is -2.18. The second-order valence-electron chi connectivity index (χ2n) is 5.73. The summed E-state index contributed by atoms with van der Waals surface area (Å²) in [7, 11) is 0. The molecule has 2 aromatic rings. The average molecular weight is 349 g/mol. The summed E-state index contributed by atoms with van der Waals surface area (Å²) in [4.78, 5) is 19.9. The summed E-state index contributed by atoms with van der Waals surface area (Å²) in [6.45, 7) is 3.19. The fourth-order valence-electron chi connectivity index (χ4n) is 2.19. The van der Waals surface area contributed by atoms with E-state index >= 15 is 0 Å². The molecule has 6 nitrogen and oxygen atoms in total. The van der Waals surface area contributed by atoms with Crippen LogP contribution in [0.25, 0.3) is 0 Å². The predicted molar refractivity (Wildman–Crippen MR) is 94.8 cm³/mol. The summed E-state index contributed by atoms with van der Waals surface area (Å²) >= 11 is 0. The van der Waals surface area contributed by atoms with Crippen LogP contribution in [-0.2, 0) is 4.79 Å². The SMILES string of the molecule is Cc1cc(Oc2ncccn2)ccc1NC(=O)CNCC1CC1.Cl. The molecule has 0 unspecified atom stereocenters. The number of rotatable bonds is 7. The van der Waals surface area contributed by atoms with Gasteiger partial charge in [0.25, 0.3) is 0 Å². The molecule has 0 saturated heterocycles. The molecule has 0 spiro atoms. The number of anilines is 1. The lowest BCUT2D eigenvalue weighted by Crippen LogP contribution is -2.29. The van der Waals surface area contributed by atoms with E-state index in [1.54, 1.807) is 24.5 Å². The molecule has 1 aromatic carbocycles. The first-order valence-corrected chi connectivity index (χ1v) is 7.77. The monoisotopic (exact) mass is 348 g/mol. The molecular formula is C17H21ClN4O2. The van der Waals surface area contributed by atoms with E-state index in [-0.39, 0.29) is 18.3 Å². The van der Waals surface area contributed by atoms with Gasteiger partial charge >= 0.3 is 6.01 Å². The molecule has 128 valence electrons. The normalized spacial score (nSPS) is 13.0. The molecule has 1 amide bonds. The van der Waals surface area contributed by atoms with Crippen LogP contribution in [0.15, 0.2) is 36.7 Å². The van der Waals surface area contributed by atoms with Crippen LogP contribution < -0.4 is 15.4 Å². The van der Waals surface area contributed by atoms with E-state index in [1.165, 1.54) is 12.8 Å². The van der Waals surface area contributed by atoms with E-state index in [0.29, 0.717) is 18.3 Å². The third-order valence-corrected chi connectivity index (χ3v) is 3.64. The Kier molecular flexibility index (Phi) is 6.52. The molecule has 1 aromatic heterocycles. The highest BCUT2D eigenvalue weighted by Gasteiger charge is 2.20. The number of hydrogen-bond acceptors (Lipinski definition) is 5. The van der Waals surface area contributed by atoms with Gasteiger partial charge in [-0.15, -0.1) is 12.4 Å². The molecule has 3 rings (SSSR count). The molecule has 7 heteroatoms. The number of ether oxygens (including phenoxy) is 1. The van der Waals surface area contributed by atoms with Crippen LogP contribution >= 0.6 is 12.4 Å². The largest absolute Gasteiger partial charge is 0.424 e. The number of carbonyl (C=O) groups excluding carboxylic acids is 1. The van der Waals surface area contributed by atoms with Crippen LogP contribution in [0.1, 0.15) is 18.4 Å². The summed E-state index contributed by atoms with van der Waals surface area (Å²) in [5.41, 5.74) is 1.71. The van der Waals surface area contributed by atoms with Crippen LogP contribution in [0, 0.1) is 12.8 Å². The number of aryl methyl sites for hydroxylation is 1. The molecule has 1 aliphatic carbocycles. The zero-order chi connectivity index (χ0) is 16.1. The van der Waals surface area contributed by atoms with E-state index in [2.05, 4.69) is 20.6 Å². The second-order valence-corrected chi connectivity index (χ2v) is 5.73. The fraction of sp³-hybridized carbons (Fsp3) is 0.353. The molecule has 1 fully saturated rings.